The summed E-state index contributed by atoms with van der Waals surface area (Å²) in [6.45, 7) is 4.22. The molecule has 1 aromatic carbocycles. The highest BCUT2D eigenvalue weighted by Crippen LogP contribution is 2.35. The van der Waals surface area contributed by atoms with Crippen LogP contribution in [0.5, 0.6) is 0 Å². The molecular formula is C12H14ClNO. The van der Waals surface area contributed by atoms with Gasteiger partial charge in [0.1, 0.15) is 0 Å². The Morgan fingerprint density at radius 1 is 1.33 bits per heavy atom. The first-order valence-corrected chi connectivity index (χ1v) is 5.55. The quantitative estimate of drug-likeness (QED) is 0.707. The van der Waals surface area contributed by atoms with Crippen molar-refractivity contribution < 1.29 is 4.84 Å². The molecule has 0 N–H and O–H groups in total. The Labute approximate surface area is 94.9 Å². The van der Waals surface area contributed by atoms with Crippen molar-refractivity contribution in [2.75, 3.05) is 5.88 Å². The van der Waals surface area contributed by atoms with Crippen molar-refractivity contribution in [2.45, 2.75) is 20.0 Å². The maximum absolute atomic E-state index is 5.85. The van der Waals surface area contributed by atoms with E-state index in [4.69, 9.17) is 16.4 Å². The molecule has 0 aliphatic carbocycles. The normalized spacial score (nSPS) is 23.4. The van der Waals surface area contributed by atoms with Crippen molar-refractivity contribution in [2.24, 2.45) is 10.6 Å². The van der Waals surface area contributed by atoms with E-state index >= 15 is 0 Å². The lowest BCUT2D eigenvalue weighted by atomic mass is 9.80. The Bertz CT molecular complexity index is 372. The van der Waals surface area contributed by atoms with Gasteiger partial charge < -0.3 is 4.84 Å². The second kappa shape index (κ2) is 3.86. The van der Waals surface area contributed by atoms with E-state index in [-0.39, 0.29) is 11.5 Å². The summed E-state index contributed by atoms with van der Waals surface area (Å²) in [5.74, 6) is 0.465. The van der Waals surface area contributed by atoms with E-state index in [0.717, 1.165) is 11.3 Å². The first-order chi connectivity index (χ1) is 7.16. The maximum atomic E-state index is 5.85. The molecule has 2 rings (SSSR count). The zero-order valence-electron chi connectivity index (χ0n) is 8.90. The third-order valence-corrected chi connectivity index (χ3v) is 3.15. The van der Waals surface area contributed by atoms with Crippen LogP contribution in [-0.2, 0) is 4.84 Å². The Hall–Kier alpha value is -1.02. The van der Waals surface area contributed by atoms with Crippen molar-refractivity contribution in [3.8, 4) is 0 Å². The summed E-state index contributed by atoms with van der Waals surface area (Å²) in [7, 11) is 0. The van der Waals surface area contributed by atoms with Gasteiger partial charge >= 0.3 is 0 Å². The van der Waals surface area contributed by atoms with Crippen LogP contribution < -0.4 is 0 Å². The van der Waals surface area contributed by atoms with Crippen molar-refractivity contribution >= 4 is 17.3 Å². The van der Waals surface area contributed by atoms with Gasteiger partial charge in [0.05, 0.1) is 17.0 Å². The Balaban J connectivity index is 2.33. The molecule has 0 spiro atoms. The molecule has 80 valence electrons. The summed E-state index contributed by atoms with van der Waals surface area (Å²) in [6, 6.07) is 10.1. The molecule has 0 fully saturated rings. The van der Waals surface area contributed by atoms with Crippen LogP contribution in [0.1, 0.15) is 19.4 Å². The van der Waals surface area contributed by atoms with Crippen molar-refractivity contribution in [1.29, 1.82) is 0 Å². The van der Waals surface area contributed by atoms with Gasteiger partial charge in [0.2, 0.25) is 0 Å². The molecule has 2 nitrogen and oxygen atoms in total. The molecule has 3 heteroatoms. The Kier molecular flexibility index (Phi) is 2.70. The van der Waals surface area contributed by atoms with Gasteiger partial charge in [-0.25, -0.2) is 0 Å². The van der Waals surface area contributed by atoms with Crippen LogP contribution in [0.25, 0.3) is 0 Å². The Morgan fingerprint density at radius 2 is 2.00 bits per heavy atom. The smallest absolute Gasteiger partial charge is 0.151 e. The lowest BCUT2D eigenvalue weighted by Crippen LogP contribution is -2.34. The van der Waals surface area contributed by atoms with Crippen LogP contribution in [0.4, 0.5) is 0 Å². The highest BCUT2D eigenvalue weighted by atomic mass is 35.5. The van der Waals surface area contributed by atoms with E-state index in [2.05, 4.69) is 19.0 Å². The first-order valence-electron chi connectivity index (χ1n) is 5.02. The molecule has 15 heavy (non-hydrogen) atoms. The molecule has 0 saturated heterocycles. The number of oxime groups is 1. The highest BCUT2D eigenvalue weighted by molar-refractivity contribution is 6.19. The average molecular weight is 224 g/mol. The van der Waals surface area contributed by atoms with Gasteiger partial charge in [-0.05, 0) is 5.56 Å². The van der Waals surface area contributed by atoms with E-state index in [1.807, 2.05) is 30.3 Å². The molecule has 0 saturated carbocycles. The molecule has 0 radical (unpaired) electrons. The van der Waals surface area contributed by atoms with E-state index in [1.165, 1.54) is 0 Å². The van der Waals surface area contributed by atoms with Gasteiger partial charge in [-0.3, -0.25) is 0 Å². The minimum Gasteiger partial charge on any atom is -0.390 e. The fraction of sp³-hybridized carbons (Fsp3) is 0.417. The van der Waals surface area contributed by atoms with Crippen molar-refractivity contribution in [1.82, 2.24) is 0 Å². The summed E-state index contributed by atoms with van der Waals surface area (Å²) in [4.78, 5) is 5.34. The number of nitrogens with zero attached hydrogens (tertiary/aromatic N) is 1. The number of halogens is 1. The number of rotatable bonds is 2. The van der Waals surface area contributed by atoms with Gasteiger partial charge in [-0.1, -0.05) is 49.3 Å². The average Bonchev–Trinajstić information content (AvgIpc) is 2.54. The fourth-order valence-corrected chi connectivity index (χ4v) is 2.20. The van der Waals surface area contributed by atoms with Crippen LogP contribution in [0.2, 0.25) is 0 Å². The molecule has 0 aromatic heterocycles. The predicted octanol–water partition coefficient (Wildman–Crippen LogP) is 3.05. The van der Waals surface area contributed by atoms with E-state index < -0.39 is 0 Å². The maximum Gasteiger partial charge on any atom is 0.151 e. The van der Waals surface area contributed by atoms with Crippen molar-refractivity contribution in [3.05, 3.63) is 35.9 Å². The summed E-state index contributed by atoms with van der Waals surface area (Å²) in [5.41, 5.74) is 1.96. The van der Waals surface area contributed by atoms with Crippen LogP contribution in [0.15, 0.2) is 35.5 Å². The van der Waals surface area contributed by atoms with Crippen LogP contribution in [-0.4, -0.2) is 17.7 Å². The molecule has 1 heterocycles. The summed E-state index contributed by atoms with van der Waals surface area (Å²) < 4.78 is 0. The van der Waals surface area contributed by atoms with E-state index in [1.54, 1.807) is 0 Å². The minimum atomic E-state index is -0.122. The van der Waals surface area contributed by atoms with E-state index in [9.17, 15) is 0 Å². The van der Waals surface area contributed by atoms with Crippen molar-refractivity contribution in [3.63, 3.8) is 0 Å². The van der Waals surface area contributed by atoms with Gasteiger partial charge in [-0.15, -0.1) is 11.6 Å². The lowest BCUT2D eigenvalue weighted by Gasteiger charge is -2.24. The molecule has 0 amide bonds. The number of benzene rings is 1. The largest absolute Gasteiger partial charge is 0.390 e. The SMILES string of the molecule is CC1(C)C(c2ccccc2)=NOC1CCl. The molecule has 0 bridgehead atoms. The zero-order valence-corrected chi connectivity index (χ0v) is 9.66. The van der Waals surface area contributed by atoms with Crippen LogP contribution in [0.3, 0.4) is 0 Å². The summed E-state index contributed by atoms with van der Waals surface area (Å²) >= 11 is 5.85. The molecule has 1 aliphatic heterocycles. The molecular weight excluding hydrogens is 210 g/mol. The monoisotopic (exact) mass is 223 g/mol. The number of alkyl halides is 1. The van der Waals surface area contributed by atoms with Crippen LogP contribution in [0, 0.1) is 5.41 Å². The third-order valence-electron chi connectivity index (χ3n) is 2.87. The minimum absolute atomic E-state index is 0.0330. The van der Waals surface area contributed by atoms with Crippen LogP contribution >= 0.6 is 11.6 Å². The van der Waals surface area contributed by atoms with Gasteiger partial charge in [0.25, 0.3) is 0 Å². The topological polar surface area (TPSA) is 21.6 Å². The number of hydrogen-bond donors (Lipinski definition) is 0. The molecule has 1 unspecified atom stereocenters. The van der Waals surface area contributed by atoms with Gasteiger partial charge in [0.15, 0.2) is 6.10 Å². The second-order valence-corrected chi connectivity index (χ2v) is 4.58. The number of hydrogen-bond acceptors (Lipinski definition) is 2. The lowest BCUT2D eigenvalue weighted by molar-refractivity contribution is 0.0537. The molecule has 1 atom stereocenters. The third kappa shape index (κ3) is 1.74. The van der Waals surface area contributed by atoms with E-state index in [0.29, 0.717) is 5.88 Å². The Morgan fingerprint density at radius 3 is 2.53 bits per heavy atom. The first kappa shape index (κ1) is 10.5. The second-order valence-electron chi connectivity index (χ2n) is 4.28. The zero-order chi connectivity index (χ0) is 10.9. The summed E-state index contributed by atoms with van der Waals surface area (Å²) in [5, 5.41) is 4.14. The summed E-state index contributed by atoms with van der Waals surface area (Å²) in [6.07, 6.45) is -0.0330. The molecule has 1 aromatic rings. The molecule has 1 aliphatic rings. The fourth-order valence-electron chi connectivity index (χ4n) is 1.76. The highest BCUT2D eigenvalue weighted by Gasteiger charge is 2.41. The van der Waals surface area contributed by atoms with Gasteiger partial charge in [0, 0.05) is 0 Å². The van der Waals surface area contributed by atoms with Gasteiger partial charge in [-0.2, -0.15) is 0 Å². The predicted molar refractivity (Wildman–Crippen MR) is 62.4 cm³/mol. The standard InChI is InChI=1S/C12H14ClNO/c1-12(2)10(8-13)15-14-11(12)9-6-4-3-5-7-9/h3-7,10H,8H2,1-2H3.